The molecule has 4 aromatic rings. The lowest BCUT2D eigenvalue weighted by Crippen LogP contribution is -2.25. The second-order valence-corrected chi connectivity index (χ2v) is 8.81. The molecule has 0 unspecified atom stereocenters. The van der Waals surface area contributed by atoms with Crippen molar-refractivity contribution in [2.24, 2.45) is 0 Å². The third kappa shape index (κ3) is 3.55. The minimum atomic E-state index is -0.0611. The first-order chi connectivity index (χ1) is 14.8. The first kappa shape index (κ1) is 20.9. The van der Waals surface area contributed by atoms with Crippen LogP contribution in [0.3, 0.4) is 0 Å². The van der Waals surface area contributed by atoms with Crippen molar-refractivity contribution in [3.05, 3.63) is 69.2 Å². The molecule has 0 atom stereocenters. The number of rotatable bonds is 5. The predicted molar refractivity (Wildman–Crippen MR) is 219 cm³/mol. The smallest absolute Gasteiger partial charge is 0.226 e. The zero-order valence-electron chi connectivity index (χ0n) is 18.3. The summed E-state index contributed by atoms with van der Waals surface area (Å²) < 4.78 is 1.73. The van der Waals surface area contributed by atoms with Crippen LogP contribution in [0.1, 0.15) is 109 Å². The molecule has 0 aliphatic heterocycles. The molecule has 6 nitrogen and oxygen atoms in total. The molecule has 0 fully saturated rings. The number of hydrogen-bond donors (Lipinski definition) is 0. The van der Waals surface area contributed by atoms with Crippen LogP contribution in [0.2, 0.25) is 0 Å². The maximum Gasteiger partial charge on any atom is 0.226 e. The van der Waals surface area contributed by atoms with E-state index in [1.807, 2.05) is 64.1 Å². The molecule has 0 aliphatic carbocycles. The molecule has 0 saturated heterocycles. The lowest BCUT2D eigenvalue weighted by molar-refractivity contribution is -0.118. The van der Waals surface area contributed by atoms with Gasteiger partial charge in [-0.3, -0.25) is 9.59 Å². The average Bonchev–Trinajstić information content (AvgIpc) is 3.34. The molecule has 0 N–H and O–H groups in total. The molecule has 0 spiro atoms. The van der Waals surface area contributed by atoms with Crippen molar-refractivity contribution >= 4 is 34.4 Å². The third-order valence-electron chi connectivity index (χ3n) is 5.50. The molecule has 3 aromatic heterocycles. The van der Waals surface area contributed by atoms with Gasteiger partial charge in [-0.1, -0.05) is 19.1 Å². The van der Waals surface area contributed by atoms with Crippen LogP contribution < -0.4 is 4.90 Å². The second kappa shape index (κ2) is 8.07. The molecule has 0 radical (unpaired) electrons. The Morgan fingerprint density at radius 1 is 1.13 bits per heavy atom. The third-order valence-corrected chi connectivity index (χ3v) is 6.50. The summed E-state index contributed by atoms with van der Waals surface area (Å²) in [5, 5.41) is 4.67. The standard InChI is InChI=1S/C24H24N4O2S.45H2/c1-6-21(29)27(5)18-9-7-8-17(15(18)3)19-12-13-25-24-22(16(4)26-28(19)24)23(30)20-11-10-14(2)31-20;;;;;;;;;;;;;;;;;;;;;;;;;;;;;;;;;;;;;;;;;;;;;/h7-13H,6H2,1-5H3;45*1H. The summed E-state index contributed by atoms with van der Waals surface area (Å²) in [7, 11) is 1.79. The second-order valence-electron chi connectivity index (χ2n) is 7.52. The molecular formula is C24H114N4O2S. The molecule has 248 valence electrons. The molecule has 7 heteroatoms. The Morgan fingerprint density at radius 3 is 2.58 bits per heavy atom. The maximum absolute atomic E-state index is 13.2. The number of hydrogen-bond acceptors (Lipinski definition) is 5. The van der Waals surface area contributed by atoms with Gasteiger partial charge in [-0.05, 0) is 50.6 Å². The van der Waals surface area contributed by atoms with Crippen molar-refractivity contribution < 1.29 is 73.8 Å². The number of anilines is 1. The van der Waals surface area contributed by atoms with Crippen molar-refractivity contribution in [2.45, 2.75) is 34.1 Å². The van der Waals surface area contributed by atoms with Gasteiger partial charge in [0.2, 0.25) is 11.7 Å². The zero-order valence-corrected chi connectivity index (χ0v) is 19.1. The number of aryl methyl sites for hydroxylation is 2. The summed E-state index contributed by atoms with van der Waals surface area (Å²) in [5.41, 5.74) is 5.28. The van der Waals surface area contributed by atoms with E-state index in [-0.39, 0.29) is 75.9 Å². The molecule has 31 heavy (non-hydrogen) atoms. The van der Waals surface area contributed by atoms with Crippen molar-refractivity contribution in [1.29, 1.82) is 0 Å². The van der Waals surface area contributed by atoms with Gasteiger partial charge in [-0.25, -0.2) is 9.50 Å². The van der Waals surface area contributed by atoms with Gasteiger partial charge in [0.25, 0.3) is 0 Å². The molecular weight excluding hydrogens is 408 g/mol. The van der Waals surface area contributed by atoms with E-state index in [1.54, 1.807) is 22.7 Å². The van der Waals surface area contributed by atoms with Crippen molar-refractivity contribution in [3.8, 4) is 11.3 Å². The largest absolute Gasteiger partial charge is 0.315 e. The van der Waals surface area contributed by atoms with E-state index >= 15 is 0 Å². The van der Waals surface area contributed by atoms with Gasteiger partial charge in [0, 0.05) is 100.0 Å². The number of aromatic nitrogens is 3. The van der Waals surface area contributed by atoms with Crippen LogP contribution >= 0.6 is 11.3 Å². The average molecular weight is 523 g/mol. The first-order valence-corrected chi connectivity index (χ1v) is 11.0. The number of fused-ring (bicyclic) bond motifs is 1. The van der Waals surface area contributed by atoms with E-state index in [1.165, 1.54) is 11.3 Å². The number of benzene rings is 1. The van der Waals surface area contributed by atoms with E-state index in [0.717, 1.165) is 27.4 Å². The van der Waals surface area contributed by atoms with Crippen LogP contribution in [-0.2, 0) is 4.79 Å². The Bertz CT molecular complexity index is 1390. The maximum atomic E-state index is 13.2. The van der Waals surface area contributed by atoms with E-state index in [0.29, 0.717) is 28.2 Å². The highest BCUT2D eigenvalue weighted by atomic mass is 32.1. The molecule has 0 bridgehead atoms. The van der Waals surface area contributed by atoms with Gasteiger partial charge < -0.3 is 4.90 Å². The lowest BCUT2D eigenvalue weighted by atomic mass is 10.0. The fourth-order valence-electron chi connectivity index (χ4n) is 3.84. The van der Waals surface area contributed by atoms with Gasteiger partial charge in [-0.15, -0.1) is 11.3 Å². The normalized spacial score (nSPS) is 11.1. The Kier molecular flexibility index (Phi) is 5.45. The number of ketones is 1. The molecule has 1 amide bonds. The van der Waals surface area contributed by atoms with E-state index in [9.17, 15) is 9.59 Å². The highest BCUT2D eigenvalue weighted by Gasteiger charge is 2.23. The van der Waals surface area contributed by atoms with Gasteiger partial charge in [0.05, 0.1) is 21.8 Å². The minimum absolute atomic E-state index is 0. The summed E-state index contributed by atoms with van der Waals surface area (Å²) in [5.74, 6) is -0.0109. The molecule has 1 aromatic carbocycles. The van der Waals surface area contributed by atoms with Crippen LogP contribution in [-0.4, -0.2) is 33.3 Å². The fourth-order valence-corrected chi connectivity index (χ4v) is 4.65. The van der Waals surface area contributed by atoms with Gasteiger partial charge in [0.15, 0.2) is 5.65 Å². The van der Waals surface area contributed by atoms with E-state index < -0.39 is 0 Å². The summed E-state index contributed by atoms with van der Waals surface area (Å²) in [6, 6.07) is 11.5. The highest BCUT2D eigenvalue weighted by molar-refractivity contribution is 7.14. The molecule has 3 heterocycles. The SMILES string of the molecule is CCC(=O)N(C)c1cccc(-c2ccnc3c(C(=O)c4ccc(C)s4)c(C)nn23)c1C.[HH].[HH].[HH].[HH].[HH].[HH].[HH].[HH].[HH].[HH].[HH].[HH].[HH].[HH].[HH].[HH].[HH].[HH].[HH].[HH].[HH].[HH].[HH].[HH].[HH].[HH].[HH].[HH].[HH].[HH].[HH].[HH].[HH].[HH].[HH].[HH].[HH].[HH].[HH].[HH].[HH].[HH].[HH].[HH].[HH]. The predicted octanol–water partition coefficient (Wildman–Crippen LogP) is 16.1. The highest BCUT2D eigenvalue weighted by Crippen LogP contribution is 2.32. The van der Waals surface area contributed by atoms with Crippen LogP contribution in [0, 0.1) is 20.8 Å². The summed E-state index contributed by atoms with van der Waals surface area (Å²) in [4.78, 5) is 33.4. The summed E-state index contributed by atoms with van der Waals surface area (Å²) in [6.45, 7) is 7.66. The van der Waals surface area contributed by atoms with Gasteiger partial charge >= 0.3 is 0 Å². The van der Waals surface area contributed by atoms with E-state index in [4.69, 9.17) is 0 Å². The molecule has 0 saturated carbocycles. The Hall–Kier alpha value is -3.32. The van der Waals surface area contributed by atoms with Crippen LogP contribution in [0.15, 0.2) is 42.6 Å². The zero-order chi connectivity index (χ0) is 22.3. The Morgan fingerprint density at radius 2 is 1.90 bits per heavy atom. The molecule has 4 rings (SSSR count). The fraction of sp³-hybridized carbons (Fsp3) is 0.250. The topological polar surface area (TPSA) is 67.6 Å². The Balaban J connectivity index is -0.00000000642. The van der Waals surface area contributed by atoms with Gasteiger partial charge in [-0.2, -0.15) is 5.10 Å². The Labute approximate surface area is 252 Å². The van der Waals surface area contributed by atoms with Crippen molar-refractivity contribution in [3.63, 3.8) is 0 Å². The first-order valence-electron chi connectivity index (χ1n) is 10.2. The van der Waals surface area contributed by atoms with E-state index in [2.05, 4.69) is 10.1 Å². The number of carbonyl (C=O) groups excluding carboxylic acids is 2. The van der Waals surface area contributed by atoms with Gasteiger partial charge in [0.1, 0.15) is 0 Å². The lowest BCUT2D eigenvalue weighted by Gasteiger charge is -2.21. The molecule has 0 aliphatic rings. The van der Waals surface area contributed by atoms with Crippen molar-refractivity contribution in [2.75, 3.05) is 11.9 Å². The quantitative estimate of drug-likeness (QED) is 0.244. The van der Waals surface area contributed by atoms with Crippen molar-refractivity contribution in [1.82, 2.24) is 14.6 Å². The number of thiophene rings is 1. The summed E-state index contributed by atoms with van der Waals surface area (Å²) >= 11 is 1.47. The van der Waals surface area contributed by atoms with Crippen LogP contribution in [0.4, 0.5) is 5.69 Å². The minimum Gasteiger partial charge on any atom is -0.315 e. The number of nitrogens with zero attached hydrogens (tertiary/aromatic N) is 4. The summed E-state index contributed by atoms with van der Waals surface area (Å²) in [6.07, 6.45) is 2.14. The number of carbonyl (C=O) groups is 2. The van der Waals surface area contributed by atoms with Crippen LogP contribution in [0.25, 0.3) is 16.9 Å². The van der Waals surface area contributed by atoms with Crippen LogP contribution in [0.5, 0.6) is 0 Å². The monoisotopic (exact) mass is 523 g/mol. The number of amides is 1.